The third kappa shape index (κ3) is 3.08. The monoisotopic (exact) mass is 399 g/mol. The molecule has 1 saturated carbocycles. The number of hydrogen-bond acceptors (Lipinski definition) is 5. The van der Waals surface area contributed by atoms with E-state index in [1.807, 2.05) is 59.2 Å². The fourth-order valence-corrected chi connectivity index (χ4v) is 4.19. The highest BCUT2D eigenvalue weighted by Gasteiger charge is 2.26. The zero-order valence-electron chi connectivity index (χ0n) is 16.3. The van der Waals surface area contributed by atoms with E-state index in [9.17, 15) is 10.0 Å². The molecule has 0 spiro atoms. The van der Waals surface area contributed by atoms with E-state index in [0.29, 0.717) is 17.8 Å². The molecule has 0 saturated heterocycles. The maximum absolute atomic E-state index is 12.7. The molecular weight excluding hydrogens is 378 g/mol. The number of hydrogen-bond donors (Lipinski definition) is 1. The van der Waals surface area contributed by atoms with Crippen molar-refractivity contribution in [3.63, 3.8) is 0 Å². The number of rotatable bonds is 3. The van der Waals surface area contributed by atoms with Gasteiger partial charge >= 0.3 is 0 Å². The number of pyridine rings is 1. The van der Waals surface area contributed by atoms with Gasteiger partial charge in [0, 0.05) is 17.8 Å². The van der Waals surface area contributed by atoms with Gasteiger partial charge in [0.1, 0.15) is 5.69 Å². The maximum atomic E-state index is 12.7. The minimum Gasteiger partial charge on any atom is -0.411 e. The van der Waals surface area contributed by atoms with Crippen molar-refractivity contribution < 1.29 is 5.21 Å². The Hall–Kier alpha value is -3.74. The molecule has 4 aromatic rings. The first kappa shape index (κ1) is 18.3. The predicted octanol–water partition coefficient (Wildman–Crippen LogP) is 4.17. The van der Waals surface area contributed by atoms with Crippen molar-refractivity contribution >= 4 is 11.2 Å². The summed E-state index contributed by atoms with van der Waals surface area (Å²) < 4.78 is 3.29. The van der Waals surface area contributed by atoms with Crippen LogP contribution in [-0.2, 0) is 0 Å². The number of oxime groups is 1. The number of aromatic nitrogens is 4. The van der Waals surface area contributed by atoms with Crippen molar-refractivity contribution in [2.45, 2.75) is 31.7 Å². The molecule has 1 fully saturated rings. The Bertz CT molecular complexity index is 1290. The topological polar surface area (TPSA) is 84.8 Å². The van der Waals surface area contributed by atoms with Gasteiger partial charge in [-0.1, -0.05) is 48.0 Å². The largest absolute Gasteiger partial charge is 0.411 e. The van der Waals surface area contributed by atoms with Crippen LogP contribution in [-0.4, -0.2) is 30.3 Å². The zero-order chi connectivity index (χ0) is 20.5. The minimum atomic E-state index is -0.321. The molecule has 1 N–H and O–H groups in total. The SMILES string of the molecule is O=c1ccc(-c2c(-c3ccccc3)nn3ccccc23)nn1C1CCCCC1=NO. The summed E-state index contributed by atoms with van der Waals surface area (Å²) in [4.78, 5) is 12.7. The van der Waals surface area contributed by atoms with Crippen molar-refractivity contribution in [3.8, 4) is 22.5 Å². The normalized spacial score (nSPS) is 18.1. The standard InChI is InChI=1S/C23H21N5O2/c29-21-14-13-18(24-28(21)19-11-5-4-10-17(19)26-30)22-20-12-6-7-15-27(20)25-23(22)16-8-2-1-3-9-16/h1-3,6-9,12-15,19,30H,4-5,10-11H2. The Morgan fingerprint density at radius 1 is 0.967 bits per heavy atom. The lowest BCUT2D eigenvalue weighted by Crippen LogP contribution is -2.33. The Labute approximate surface area is 172 Å². The molecule has 7 heteroatoms. The van der Waals surface area contributed by atoms with E-state index >= 15 is 0 Å². The molecule has 150 valence electrons. The average Bonchev–Trinajstić information content (AvgIpc) is 3.20. The van der Waals surface area contributed by atoms with Gasteiger partial charge in [0.2, 0.25) is 0 Å². The van der Waals surface area contributed by atoms with Gasteiger partial charge < -0.3 is 5.21 Å². The van der Waals surface area contributed by atoms with Crippen LogP contribution in [0.5, 0.6) is 0 Å². The van der Waals surface area contributed by atoms with Gasteiger partial charge in [0.25, 0.3) is 5.56 Å². The Balaban J connectivity index is 1.73. The molecule has 1 aliphatic carbocycles. The molecule has 1 unspecified atom stereocenters. The van der Waals surface area contributed by atoms with E-state index in [-0.39, 0.29) is 11.6 Å². The van der Waals surface area contributed by atoms with Crippen LogP contribution in [0.4, 0.5) is 0 Å². The van der Waals surface area contributed by atoms with Gasteiger partial charge in [-0.05, 0) is 37.5 Å². The van der Waals surface area contributed by atoms with E-state index in [1.54, 1.807) is 6.07 Å². The first-order chi connectivity index (χ1) is 14.8. The molecule has 3 aromatic heterocycles. The van der Waals surface area contributed by atoms with E-state index in [1.165, 1.54) is 10.7 Å². The van der Waals surface area contributed by atoms with Crippen LogP contribution < -0.4 is 5.56 Å². The molecule has 1 atom stereocenters. The second kappa shape index (κ2) is 7.59. The van der Waals surface area contributed by atoms with Crippen molar-refractivity contribution in [2.24, 2.45) is 5.16 Å². The summed E-state index contributed by atoms with van der Waals surface area (Å²) in [5.74, 6) is 0. The lowest BCUT2D eigenvalue weighted by Gasteiger charge is -2.24. The van der Waals surface area contributed by atoms with E-state index < -0.39 is 0 Å². The number of fused-ring (bicyclic) bond motifs is 1. The average molecular weight is 399 g/mol. The third-order valence-electron chi connectivity index (χ3n) is 5.64. The Kier molecular flexibility index (Phi) is 4.63. The molecule has 0 bridgehead atoms. The molecule has 0 radical (unpaired) electrons. The molecule has 5 rings (SSSR count). The van der Waals surface area contributed by atoms with Gasteiger partial charge in [0.15, 0.2) is 0 Å². The van der Waals surface area contributed by atoms with Crippen LogP contribution in [0.15, 0.2) is 76.8 Å². The summed E-state index contributed by atoms with van der Waals surface area (Å²) in [5.41, 5.74) is 4.63. The van der Waals surface area contributed by atoms with Gasteiger partial charge in [-0.3, -0.25) is 4.79 Å². The van der Waals surface area contributed by atoms with Crippen molar-refractivity contribution in [1.29, 1.82) is 0 Å². The maximum Gasteiger partial charge on any atom is 0.267 e. The number of benzene rings is 1. The quantitative estimate of drug-likeness (QED) is 0.414. The van der Waals surface area contributed by atoms with E-state index in [4.69, 9.17) is 10.2 Å². The summed E-state index contributed by atoms with van der Waals surface area (Å²) in [7, 11) is 0. The molecule has 7 nitrogen and oxygen atoms in total. The lowest BCUT2D eigenvalue weighted by atomic mass is 9.93. The zero-order valence-corrected chi connectivity index (χ0v) is 16.3. The smallest absolute Gasteiger partial charge is 0.267 e. The third-order valence-corrected chi connectivity index (χ3v) is 5.64. The van der Waals surface area contributed by atoms with Crippen molar-refractivity contribution in [1.82, 2.24) is 19.4 Å². The Morgan fingerprint density at radius 2 is 1.80 bits per heavy atom. The second-order valence-electron chi connectivity index (χ2n) is 7.47. The van der Waals surface area contributed by atoms with E-state index in [0.717, 1.165) is 41.6 Å². The summed E-state index contributed by atoms with van der Waals surface area (Å²) in [6.45, 7) is 0. The first-order valence-electron chi connectivity index (χ1n) is 10.1. The van der Waals surface area contributed by atoms with Crippen LogP contribution in [0.25, 0.3) is 28.0 Å². The van der Waals surface area contributed by atoms with Crippen LogP contribution in [0.1, 0.15) is 31.7 Å². The molecule has 3 heterocycles. The second-order valence-corrected chi connectivity index (χ2v) is 7.47. The highest BCUT2D eigenvalue weighted by Crippen LogP contribution is 2.34. The minimum absolute atomic E-state index is 0.204. The van der Waals surface area contributed by atoms with Crippen LogP contribution >= 0.6 is 0 Å². The van der Waals surface area contributed by atoms with Gasteiger partial charge in [-0.15, -0.1) is 0 Å². The predicted molar refractivity (Wildman–Crippen MR) is 115 cm³/mol. The highest BCUT2D eigenvalue weighted by atomic mass is 16.4. The van der Waals surface area contributed by atoms with Crippen LogP contribution in [0, 0.1) is 0 Å². The summed E-state index contributed by atoms with van der Waals surface area (Å²) in [6, 6.07) is 18.8. The lowest BCUT2D eigenvalue weighted by molar-refractivity contribution is 0.306. The molecule has 0 amide bonds. The fourth-order valence-electron chi connectivity index (χ4n) is 4.19. The van der Waals surface area contributed by atoms with E-state index in [2.05, 4.69) is 5.16 Å². The van der Waals surface area contributed by atoms with Crippen molar-refractivity contribution in [2.75, 3.05) is 0 Å². The molecule has 0 aliphatic heterocycles. The Morgan fingerprint density at radius 3 is 2.63 bits per heavy atom. The summed E-state index contributed by atoms with van der Waals surface area (Å²) in [6.07, 6.45) is 5.23. The molecule has 30 heavy (non-hydrogen) atoms. The summed E-state index contributed by atoms with van der Waals surface area (Å²) in [5, 5.41) is 22.4. The van der Waals surface area contributed by atoms with Crippen LogP contribution in [0.2, 0.25) is 0 Å². The van der Waals surface area contributed by atoms with Crippen LogP contribution in [0.3, 0.4) is 0 Å². The van der Waals surface area contributed by atoms with Gasteiger partial charge in [-0.25, -0.2) is 9.20 Å². The molecular formula is C23H21N5O2. The molecule has 1 aliphatic rings. The first-order valence-corrected chi connectivity index (χ1v) is 10.1. The number of nitrogens with zero attached hydrogens (tertiary/aromatic N) is 5. The van der Waals surface area contributed by atoms with Gasteiger partial charge in [-0.2, -0.15) is 10.2 Å². The van der Waals surface area contributed by atoms with Crippen molar-refractivity contribution in [3.05, 3.63) is 77.2 Å². The van der Waals surface area contributed by atoms with Gasteiger partial charge in [0.05, 0.1) is 28.5 Å². The summed E-state index contributed by atoms with van der Waals surface area (Å²) >= 11 is 0. The highest BCUT2D eigenvalue weighted by molar-refractivity contribution is 5.91. The molecule has 1 aromatic carbocycles. The fraction of sp³-hybridized carbons (Fsp3) is 0.217.